The molecule has 0 bridgehead atoms. The van der Waals surface area contributed by atoms with Gasteiger partial charge in [0.1, 0.15) is 22.3 Å². The second-order valence-electron chi connectivity index (χ2n) is 12.0. The lowest BCUT2D eigenvalue weighted by Gasteiger charge is -2.09. The third kappa shape index (κ3) is 4.15. The zero-order valence-corrected chi connectivity index (χ0v) is 25.6. The molecule has 10 aromatic rings. The molecule has 3 heterocycles. The first-order chi connectivity index (χ1) is 23.8. The van der Waals surface area contributed by atoms with Gasteiger partial charge in [0, 0.05) is 38.2 Å². The highest BCUT2D eigenvalue weighted by atomic mass is 16.3. The molecule has 0 spiro atoms. The van der Waals surface area contributed by atoms with E-state index >= 15 is 0 Å². The van der Waals surface area contributed by atoms with Crippen molar-refractivity contribution in [2.45, 2.75) is 0 Å². The Morgan fingerprint density at radius 3 is 1.46 bits per heavy atom. The third-order valence-corrected chi connectivity index (χ3v) is 9.13. The van der Waals surface area contributed by atoms with Gasteiger partial charge in [-0.3, -0.25) is 0 Å². The van der Waals surface area contributed by atoms with Gasteiger partial charge in [-0.2, -0.15) is 0 Å². The van der Waals surface area contributed by atoms with E-state index in [0.717, 1.165) is 82.5 Å². The Hall–Kier alpha value is -6.59. The summed E-state index contributed by atoms with van der Waals surface area (Å²) < 4.78 is 13.0. The molecule has 0 N–H and O–H groups in total. The molecule has 0 unspecified atom stereocenters. The van der Waals surface area contributed by atoms with Crippen molar-refractivity contribution in [1.82, 2.24) is 15.0 Å². The molecule has 0 fully saturated rings. The molecule has 0 aliphatic carbocycles. The van der Waals surface area contributed by atoms with E-state index in [1.807, 2.05) is 78.9 Å². The van der Waals surface area contributed by atoms with E-state index in [-0.39, 0.29) is 0 Å². The minimum atomic E-state index is 0.633. The van der Waals surface area contributed by atoms with Crippen molar-refractivity contribution in [2.24, 2.45) is 0 Å². The maximum Gasteiger partial charge on any atom is 0.164 e. The van der Waals surface area contributed by atoms with Crippen molar-refractivity contribution in [3.05, 3.63) is 152 Å². The quantitative estimate of drug-likeness (QED) is 0.197. The highest BCUT2D eigenvalue weighted by Gasteiger charge is 2.21. The van der Waals surface area contributed by atoms with Crippen LogP contribution >= 0.6 is 0 Å². The Balaban J connectivity index is 1.11. The first-order valence-corrected chi connectivity index (χ1v) is 15.9. The molecule has 5 nitrogen and oxygen atoms in total. The van der Waals surface area contributed by atoms with E-state index in [1.54, 1.807) is 0 Å². The van der Waals surface area contributed by atoms with Gasteiger partial charge in [0.2, 0.25) is 0 Å². The molecule has 3 aromatic heterocycles. The van der Waals surface area contributed by atoms with E-state index in [2.05, 4.69) is 72.8 Å². The minimum absolute atomic E-state index is 0.633. The SMILES string of the molecule is c1ccc(-c2nc(-c3ccccc3)nc(-c3ccc(-c4ccc5oc6c(c5c4)c4ccccc4c4oc5ccccc5c46)cc3)n2)cc1. The summed E-state index contributed by atoms with van der Waals surface area (Å²) in [4.78, 5) is 14.6. The Kier molecular flexibility index (Phi) is 5.81. The number of hydrogen-bond donors (Lipinski definition) is 0. The van der Waals surface area contributed by atoms with Crippen LogP contribution in [0.2, 0.25) is 0 Å². The smallest absolute Gasteiger partial charge is 0.164 e. The molecule has 0 saturated heterocycles. The Labute approximate surface area is 274 Å². The number of benzene rings is 7. The summed E-state index contributed by atoms with van der Waals surface area (Å²) in [5.41, 5.74) is 8.43. The normalized spacial score (nSPS) is 11.8. The number of hydrogen-bond acceptors (Lipinski definition) is 5. The average Bonchev–Trinajstić information content (AvgIpc) is 3.75. The van der Waals surface area contributed by atoms with Gasteiger partial charge in [-0.25, -0.2) is 15.0 Å². The summed E-state index contributed by atoms with van der Waals surface area (Å²) in [6.07, 6.45) is 0. The maximum absolute atomic E-state index is 6.62. The molecule has 0 amide bonds. The summed E-state index contributed by atoms with van der Waals surface area (Å²) in [5.74, 6) is 1.92. The fraction of sp³-hybridized carbons (Fsp3) is 0. The lowest BCUT2D eigenvalue weighted by atomic mass is 9.97. The molecule has 0 aliphatic heterocycles. The topological polar surface area (TPSA) is 65.0 Å². The van der Waals surface area contributed by atoms with Crippen LogP contribution in [0.1, 0.15) is 0 Å². The standard InChI is InChI=1S/C43H25N3O2/c1-3-11-27(12-4-1)41-44-42(28-13-5-2-6-14-28)46-43(45-41)29-21-19-26(20-22-29)30-23-24-36-34(25-30)37-31-15-7-8-16-32(31)39-38(40(37)48-36)33-17-9-10-18-35(33)47-39/h1-25H. The molecule has 0 aliphatic rings. The van der Waals surface area contributed by atoms with E-state index in [1.165, 1.54) is 0 Å². The molecule has 0 saturated carbocycles. The number of rotatable bonds is 4. The average molecular weight is 616 g/mol. The first-order valence-electron chi connectivity index (χ1n) is 15.9. The summed E-state index contributed by atoms with van der Waals surface area (Å²) >= 11 is 0. The monoisotopic (exact) mass is 615 g/mol. The predicted octanol–water partition coefficient (Wildman–Crippen LogP) is 11.5. The van der Waals surface area contributed by atoms with Gasteiger partial charge < -0.3 is 8.83 Å². The zero-order valence-electron chi connectivity index (χ0n) is 25.6. The van der Waals surface area contributed by atoms with Crippen molar-refractivity contribution in [2.75, 3.05) is 0 Å². The molecule has 224 valence electrons. The van der Waals surface area contributed by atoms with Gasteiger partial charge >= 0.3 is 0 Å². The van der Waals surface area contributed by atoms with Crippen molar-refractivity contribution in [3.8, 4) is 45.3 Å². The fourth-order valence-corrected chi connectivity index (χ4v) is 6.83. The molecule has 0 radical (unpaired) electrons. The molecule has 0 atom stereocenters. The van der Waals surface area contributed by atoms with Crippen molar-refractivity contribution < 1.29 is 8.83 Å². The minimum Gasteiger partial charge on any atom is -0.455 e. The molecular formula is C43H25N3O2. The van der Waals surface area contributed by atoms with Crippen LogP contribution in [-0.2, 0) is 0 Å². The second-order valence-corrected chi connectivity index (χ2v) is 12.0. The Bertz CT molecular complexity index is 2760. The highest BCUT2D eigenvalue weighted by Crippen LogP contribution is 2.45. The van der Waals surface area contributed by atoms with E-state index < -0.39 is 0 Å². The Morgan fingerprint density at radius 2 is 0.792 bits per heavy atom. The Morgan fingerprint density at radius 1 is 0.312 bits per heavy atom. The van der Waals surface area contributed by atoms with Gasteiger partial charge in [0.05, 0.1) is 5.39 Å². The van der Waals surface area contributed by atoms with Crippen LogP contribution in [-0.4, -0.2) is 15.0 Å². The molecule has 10 rings (SSSR count). The van der Waals surface area contributed by atoms with Gasteiger partial charge in [-0.05, 0) is 34.7 Å². The number of nitrogens with zero attached hydrogens (tertiary/aromatic N) is 3. The third-order valence-electron chi connectivity index (χ3n) is 9.13. The second kappa shape index (κ2) is 10.5. The van der Waals surface area contributed by atoms with Crippen LogP contribution in [0.5, 0.6) is 0 Å². The molecule has 5 heteroatoms. The van der Waals surface area contributed by atoms with Crippen LogP contribution in [0, 0.1) is 0 Å². The number of aromatic nitrogens is 3. The number of furan rings is 2. The van der Waals surface area contributed by atoms with Gasteiger partial charge in [0.25, 0.3) is 0 Å². The van der Waals surface area contributed by atoms with E-state index in [0.29, 0.717) is 17.5 Å². The van der Waals surface area contributed by atoms with E-state index in [9.17, 15) is 0 Å². The fourth-order valence-electron chi connectivity index (χ4n) is 6.83. The summed E-state index contributed by atoms with van der Waals surface area (Å²) in [7, 11) is 0. The van der Waals surface area contributed by atoms with Gasteiger partial charge in [0.15, 0.2) is 17.5 Å². The van der Waals surface area contributed by atoms with Crippen molar-refractivity contribution in [1.29, 1.82) is 0 Å². The lowest BCUT2D eigenvalue weighted by Crippen LogP contribution is -2.00. The van der Waals surface area contributed by atoms with Gasteiger partial charge in [-0.1, -0.05) is 133 Å². The largest absolute Gasteiger partial charge is 0.455 e. The number of fused-ring (bicyclic) bond motifs is 10. The maximum atomic E-state index is 6.62. The van der Waals surface area contributed by atoms with Crippen LogP contribution in [0.25, 0.3) is 99.9 Å². The molecule has 48 heavy (non-hydrogen) atoms. The van der Waals surface area contributed by atoms with Crippen LogP contribution in [0.4, 0.5) is 0 Å². The lowest BCUT2D eigenvalue weighted by molar-refractivity contribution is 0.665. The van der Waals surface area contributed by atoms with Crippen LogP contribution < -0.4 is 0 Å². The zero-order chi connectivity index (χ0) is 31.6. The summed E-state index contributed by atoms with van der Waals surface area (Å²) in [6, 6.07) is 51.5. The predicted molar refractivity (Wildman–Crippen MR) is 194 cm³/mol. The van der Waals surface area contributed by atoms with Crippen molar-refractivity contribution >= 4 is 54.6 Å². The summed E-state index contributed by atoms with van der Waals surface area (Å²) in [6.45, 7) is 0. The first kappa shape index (κ1) is 26.6. The highest BCUT2D eigenvalue weighted by molar-refractivity contribution is 6.33. The van der Waals surface area contributed by atoms with Gasteiger partial charge in [-0.15, -0.1) is 0 Å². The van der Waals surface area contributed by atoms with Crippen molar-refractivity contribution in [3.63, 3.8) is 0 Å². The summed E-state index contributed by atoms with van der Waals surface area (Å²) in [5, 5.41) is 6.45. The number of para-hydroxylation sites is 1. The van der Waals surface area contributed by atoms with E-state index in [4.69, 9.17) is 23.8 Å². The van der Waals surface area contributed by atoms with Crippen LogP contribution in [0.3, 0.4) is 0 Å². The molecule has 7 aromatic carbocycles. The molecular weight excluding hydrogens is 590 g/mol. The van der Waals surface area contributed by atoms with Crippen LogP contribution in [0.15, 0.2) is 160 Å².